The molecule has 5 heteroatoms. The molecule has 4 amide bonds. The van der Waals surface area contributed by atoms with Gasteiger partial charge < -0.3 is 0 Å². The molecular formula is C11H10N2O3. The van der Waals surface area contributed by atoms with E-state index in [1.165, 1.54) is 7.05 Å². The molecule has 0 bridgehead atoms. The van der Waals surface area contributed by atoms with Gasteiger partial charge in [0.25, 0.3) is 0 Å². The molecule has 0 aromatic heterocycles. The fraction of sp³-hybridized carbons (Fsp3) is 0.182. The Hall–Kier alpha value is -2.17. The lowest BCUT2D eigenvalue weighted by Gasteiger charge is -2.14. The zero-order valence-electron chi connectivity index (χ0n) is 8.93. The van der Waals surface area contributed by atoms with Gasteiger partial charge in [-0.25, -0.2) is 9.69 Å². The van der Waals surface area contributed by atoms with Gasteiger partial charge in [-0.15, -0.1) is 0 Å². The summed E-state index contributed by atoms with van der Waals surface area (Å²) in [5, 5.41) is 0. The van der Waals surface area contributed by atoms with Crippen LogP contribution in [0.4, 0.5) is 10.5 Å². The zero-order valence-corrected chi connectivity index (χ0v) is 8.93. The van der Waals surface area contributed by atoms with E-state index in [9.17, 15) is 14.4 Å². The first-order valence-electron chi connectivity index (χ1n) is 4.75. The molecule has 1 heterocycles. The first-order chi connectivity index (χ1) is 7.54. The Balaban J connectivity index is 2.51. The third kappa shape index (κ3) is 1.29. The second kappa shape index (κ2) is 3.44. The quantitative estimate of drug-likeness (QED) is 0.520. The van der Waals surface area contributed by atoms with Crippen LogP contribution in [0, 0.1) is 6.92 Å². The number of hydrogen-bond acceptors (Lipinski definition) is 3. The number of carbonyl (C=O) groups excluding carboxylic acids is 3. The van der Waals surface area contributed by atoms with Gasteiger partial charge in [-0.3, -0.25) is 14.5 Å². The molecule has 0 N–H and O–H groups in total. The Kier molecular flexibility index (Phi) is 2.23. The van der Waals surface area contributed by atoms with E-state index in [2.05, 4.69) is 0 Å². The van der Waals surface area contributed by atoms with Gasteiger partial charge in [0.2, 0.25) is 0 Å². The number of benzene rings is 1. The fourth-order valence-corrected chi connectivity index (χ4v) is 1.59. The van der Waals surface area contributed by atoms with Gasteiger partial charge in [0.05, 0.1) is 5.69 Å². The maximum Gasteiger partial charge on any atom is 0.338 e. The van der Waals surface area contributed by atoms with E-state index in [-0.39, 0.29) is 0 Å². The van der Waals surface area contributed by atoms with Crippen LogP contribution in [0.5, 0.6) is 0 Å². The molecule has 0 atom stereocenters. The lowest BCUT2D eigenvalue weighted by Crippen LogP contribution is -2.31. The number of urea groups is 1. The number of imide groups is 2. The van der Waals surface area contributed by atoms with Crippen molar-refractivity contribution >= 4 is 23.5 Å². The van der Waals surface area contributed by atoms with E-state index in [1.54, 1.807) is 31.2 Å². The molecule has 0 saturated carbocycles. The van der Waals surface area contributed by atoms with E-state index in [0.29, 0.717) is 5.69 Å². The second-order valence-corrected chi connectivity index (χ2v) is 3.57. The van der Waals surface area contributed by atoms with Gasteiger partial charge >= 0.3 is 17.8 Å². The van der Waals surface area contributed by atoms with Gasteiger partial charge in [-0.05, 0) is 18.6 Å². The van der Waals surface area contributed by atoms with Crippen LogP contribution in [-0.4, -0.2) is 29.8 Å². The van der Waals surface area contributed by atoms with E-state index < -0.39 is 17.8 Å². The van der Waals surface area contributed by atoms with Crippen molar-refractivity contribution < 1.29 is 14.4 Å². The van der Waals surface area contributed by atoms with E-state index in [0.717, 1.165) is 15.4 Å². The zero-order chi connectivity index (χ0) is 11.9. The second-order valence-electron chi connectivity index (χ2n) is 3.57. The van der Waals surface area contributed by atoms with E-state index in [4.69, 9.17) is 0 Å². The van der Waals surface area contributed by atoms with Crippen LogP contribution in [0.25, 0.3) is 0 Å². The Bertz CT molecular complexity index is 496. The Morgan fingerprint density at radius 3 is 2.12 bits per heavy atom. The van der Waals surface area contributed by atoms with Crippen molar-refractivity contribution in [3.05, 3.63) is 29.8 Å². The van der Waals surface area contributed by atoms with E-state index in [1.807, 2.05) is 0 Å². The number of hydrogen-bond donors (Lipinski definition) is 0. The summed E-state index contributed by atoms with van der Waals surface area (Å²) in [6.07, 6.45) is 0. The van der Waals surface area contributed by atoms with E-state index >= 15 is 0 Å². The number of nitrogens with zero attached hydrogens (tertiary/aromatic N) is 2. The minimum atomic E-state index is -0.804. The molecule has 2 rings (SSSR count). The Labute approximate surface area is 92.3 Å². The fourth-order valence-electron chi connectivity index (χ4n) is 1.59. The molecule has 5 nitrogen and oxygen atoms in total. The number of likely N-dealkylation sites (N-methyl/N-ethyl adjacent to an activating group) is 1. The van der Waals surface area contributed by atoms with Gasteiger partial charge in [-0.1, -0.05) is 18.2 Å². The Morgan fingerprint density at radius 2 is 1.62 bits per heavy atom. The lowest BCUT2D eigenvalue weighted by atomic mass is 10.2. The molecule has 1 aliphatic heterocycles. The smallest absolute Gasteiger partial charge is 0.263 e. The first-order valence-corrected chi connectivity index (χ1v) is 4.75. The van der Waals surface area contributed by atoms with Crippen LogP contribution in [0.2, 0.25) is 0 Å². The number of rotatable bonds is 1. The van der Waals surface area contributed by atoms with Crippen molar-refractivity contribution in [1.82, 2.24) is 4.90 Å². The minimum Gasteiger partial charge on any atom is -0.263 e. The van der Waals surface area contributed by atoms with Gasteiger partial charge in [0, 0.05) is 7.05 Å². The Morgan fingerprint density at radius 1 is 1.00 bits per heavy atom. The lowest BCUT2D eigenvalue weighted by molar-refractivity contribution is -0.138. The topological polar surface area (TPSA) is 57.7 Å². The SMILES string of the molecule is Cc1ccccc1N1C(=O)C(=O)N(C)C1=O. The molecule has 1 saturated heterocycles. The van der Waals surface area contributed by atoms with Crippen LogP contribution < -0.4 is 4.90 Å². The molecule has 0 unspecified atom stereocenters. The third-order valence-electron chi connectivity index (χ3n) is 2.53. The normalized spacial score (nSPS) is 16.2. The highest BCUT2D eigenvalue weighted by Crippen LogP contribution is 2.24. The third-order valence-corrected chi connectivity index (χ3v) is 2.53. The van der Waals surface area contributed by atoms with Gasteiger partial charge in [0.1, 0.15) is 0 Å². The maximum absolute atomic E-state index is 11.7. The highest BCUT2D eigenvalue weighted by molar-refractivity contribution is 6.52. The summed E-state index contributed by atoms with van der Waals surface area (Å²) in [6, 6.07) is 6.32. The molecule has 1 aromatic carbocycles. The summed E-state index contributed by atoms with van der Waals surface area (Å²) in [4.78, 5) is 36.3. The van der Waals surface area contributed by atoms with Crippen LogP contribution in [0.15, 0.2) is 24.3 Å². The predicted octanol–water partition coefficient (Wildman–Crippen LogP) is 0.920. The number of para-hydroxylation sites is 1. The first kappa shape index (κ1) is 10.4. The molecule has 1 aliphatic rings. The predicted molar refractivity (Wildman–Crippen MR) is 56.8 cm³/mol. The molecule has 82 valence electrons. The molecule has 0 spiro atoms. The largest absolute Gasteiger partial charge is 0.338 e. The van der Waals surface area contributed by atoms with Crippen molar-refractivity contribution in [1.29, 1.82) is 0 Å². The van der Waals surface area contributed by atoms with Crippen molar-refractivity contribution in [2.45, 2.75) is 6.92 Å². The average molecular weight is 218 g/mol. The van der Waals surface area contributed by atoms with Crippen molar-refractivity contribution in [2.75, 3.05) is 11.9 Å². The summed E-state index contributed by atoms with van der Waals surface area (Å²) in [7, 11) is 1.29. The van der Waals surface area contributed by atoms with Crippen LogP contribution in [-0.2, 0) is 9.59 Å². The van der Waals surface area contributed by atoms with Crippen LogP contribution >= 0.6 is 0 Å². The summed E-state index contributed by atoms with van der Waals surface area (Å²) >= 11 is 0. The highest BCUT2D eigenvalue weighted by Gasteiger charge is 2.43. The number of amides is 4. The summed E-state index contributed by atoms with van der Waals surface area (Å²) < 4.78 is 0. The minimum absolute atomic E-state index is 0.454. The maximum atomic E-state index is 11.7. The van der Waals surface area contributed by atoms with Crippen LogP contribution in [0.1, 0.15) is 5.56 Å². The monoisotopic (exact) mass is 218 g/mol. The van der Waals surface area contributed by atoms with Crippen molar-refractivity contribution in [3.8, 4) is 0 Å². The molecular weight excluding hydrogens is 208 g/mol. The van der Waals surface area contributed by atoms with Gasteiger partial charge in [0.15, 0.2) is 0 Å². The molecule has 1 aromatic rings. The number of carbonyl (C=O) groups is 3. The van der Waals surface area contributed by atoms with Gasteiger partial charge in [-0.2, -0.15) is 0 Å². The van der Waals surface area contributed by atoms with Crippen molar-refractivity contribution in [2.24, 2.45) is 0 Å². The number of aryl methyl sites for hydroxylation is 1. The summed E-state index contributed by atoms with van der Waals surface area (Å²) in [5.41, 5.74) is 1.22. The molecule has 0 radical (unpaired) electrons. The average Bonchev–Trinajstić information content (AvgIpc) is 2.45. The summed E-state index contributed by atoms with van der Waals surface area (Å²) in [5.74, 6) is -1.60. The standard InChI is InChI=1S/C11H10N2O3/c1-7-5-3-4-6-8(7)13-10(15)9(14)12(2)11(13)16/h3-6H,1-2H3. The molecule has 0 aliphatic carbocycles. The summed E-state index contributed by atoms with van der Waals surface area (Å²) in [6.45, 7) is 1.78. The van der Waals surface area contributed by atoms with Crippen molar-refractivity contribution in [3.63, 3.8) is 0 Å². The highest BCUT2D eigenvalue weighted by atomic mass is 16.2. The molecule has 1 fully saturated rings. The van der Waals surface area contributed by atoms with Crippen LogP contribution in [0.3, 0.4) is 0 Å². The number of anilines is 1. The molecule has 16 heavy (non-hydrogen) atoms.